The van der Waals surface area contributed by atoms with Crippen molar-refractivity contribution in [3.63, 3.8) is 0 Å². The number of primary amides is 1. The Labute approximate surface area is 248 Å². The molecule has 0 unspecified atom stereocenters. The Morgan fingerprint density at radius 2 is 1.84 bits per heavy atom. The van der Waals surface area contributed by atoms with E-state index >= 15 is 0 Å². The third-order valence-electron chi connectivity index (χ3n) is 7.26. The molecule has 0 radical (unpaired) electrons. The van der Waals surface area contributed by atoms with Crippen LogP contribution < -0.4 is 20.5 Å². The predicted molar refractivity (Wildman–Crippen MR) is 150 cm³/mol. The highest BCUT2D eigenvalue weighted by Crippen LogP contribution is 2.42. The lowest BCUT2D eigenvalue weighted by molar-refractivity contribution is -0.265. The highest BCUT2D eigenvalue weighted by atomic mass is 19.4. The molecule has 44 heavy (non-hydrogen) atoms. The molecule has 1 aromatic carbocycles. The number of halogens is 4. The van der Waals surface area contributed by atoms with Crippen LogP contribution in [-0.2, 0) is 16.8 Å². The van der Waals surface area contributed by atoms with Crippen LogP contribution in [0.4, 0.5) is 17.6 Å². The van der Waals surface area contributed by atoms with Gasteiger partial charge in [0.05, 0.1) is 38.1 Å². The number of hydrogen-bond acceptors (Lipinski definition) is 7. The minimum Gasteiger partial charge on any atom is -0.493 e. The van der Waals surface area contributed by atoms with E-state index in [4.69, 9.17) is 15.2 Å². The molecule has 232 valence electrons. The Hall–Kier alpha value is -4.72. The van der Waals surface area contributed by atoms with Gasteiger partial charge in [-0.2, -0.15) is 13.2 Å². The number of hydrogen-bond donors (Lipinski definition) is 3. The number of fused-ring (bicyclic) bond motifs is 1. The number of carbonyl (C=O) groups excluding carboxylic acids is 2. The van der Waals surface area contributed by atoms with E-state index in [1.807, 2.05) is 0 Å². The van der Waals surface area contributed by atoms with Gasteiger partial charge in [-0.15, -0.1) is 0 Å². The minimum absolute atomic E-state index is 0.0363. The molecular formula is C30H29F4N5O5. The van der Waals surface area contributed by atoms with Crippen LogP contribution in [0.3, 0.4) is 0 Å². The number of carbonyl (C=O) groups is 2. The Morgan fingerprint density at radius 1 is 1.14 bits per heavy atom. The normalized spacial score (nSPS) is 14.7. The largest absolute Gasteiger partial charge is 0.493 e. The molecule has 1 atom stereocenters. The van der Waals surface area contributed by atoms with Crippen LogP contribution in [0, 0.1) is 5.82 Å². The van der Waals surface area contributed by atoms with Gasteiger partial charge in [-0.1, -0.05) is 0 Å². The standard InChI is InChI=1S/C30H29F4N5O5/c1-3-44-26-18(13-24(35)40)12-23(38-25(26)17-6-8-19(31)9-7-17)29(42,30(32,33)34)15-36-28(41)21-10-11-22(43-2)27-37-20(14-39(21)27)16-4-5-16/h6-12,14,16,42H,3-5,13,15H2,1-2H3,(H2,35,40)(H,36,41)/t29-/m0/s1. The average Bonchev–Trinajstić information content (AvgIpc) is 3.73. The summed E-state index contributed by atoms with van der Waals surface area (Å²) in [6.07, 6.45) is -2.40. The molecule has 3 aromatic heterocycles. The SMILES string of the molecule is CCOc1c(CC(N)=O)cc([C@@](O)(CNC(=O)c2ccc(OC)c3nc(C4CC4)cn23)C(F)(F)F)nc1-c1ccc(F)cc1. The fraction of sp³-hybridized carbons (Fsp3) is 0.333. The molecule has 1 saturated carbocycles. The zero-order valence-corrected chi connectivity index (χ0v) is 23.7. The summed E-state index contributed by atoms with van der Waals surface area (Å²) in [6.45, 7) is 0.322. The van der Waals surface area contributed by atoms with Gasteiger partial charge in [0, 0.05) is 23.2 Å². The zero-order chi connectivity index (χ0) is 31.8. The van der Waals surface area contributed by atoms with Gasteiger partial charge in [-0.3, -0.25) is 14.0 Å². The van der Waals surface area contributed by atoms with Gasteiger partial charge in [0.2, 0.25) is 11.5 Å². The number of amides is 2. The van der Waals surface area contributed by atoms with E-state index in [9.17, 15) is 32.3 Å². The monoisotopic (exact) mass is 615 g/mol. The van der Waals surface area contributed by atoms with Crippen LogP contribution in [0.2, 0.25) is 0 Å². The van der Waals surface area contributed by atoms with E-state index in [0.717, 1.165) is 36.7 Å². The number of rotatable bonds is 11. The van der Waals surface area contributed by atoms with Crippen molar-refractivity contribution in [3.05, 3.63) is 77.1 Å². The third-order valence-corrected chi connectivity index (χ3v) is 7.26. The maximum Gasteiger partial charge on any atom is 0.424 e. The van der Waals surface area contributed by atoms with E-state index in [1.165, 1.54) is 35.8 Å². The smallest absolute Gasteiger partial charge is 0.424 e. The molecule has 4 N–H and O–H groups in total. The molecule has 0 saturated heterocycles. The number of pyridine rings is 2. The Morgan fingerprint density at radius 3 is 2.43 bits per heavy atom. The Kier molecular flexibility index (Phi) is 8.21. The van der Waals surface area contributed by atoms with Crippen molar-refractivity contribution in [1.82, 2.24) is 19.7 Å². The number of aromatic nitrogens is 3. The first-order chi connectivity index (χ1) is 20.9. The van der Waals surface area contributed by atoms with E-state index in [2.05, 4.69) is 15.3 Å². The van der Waals surface area contributed by atoms with Gasteiger partial charge >= 0.3 is 6.18 Å². The number of nitrogens with one attached hydrogen (secondary N) is 1. The summed E-state index contributed by atoms with van der Waals surface area (Å²) in [7, 11) is 1.43. The molecule has 10 nitrogen and oxygen atoms in total. The average molecular weight is 616 g/mol. The first-order valence-electron chi connectivity index (χ1n) is 13.7. The molecule has 3 heterocycles. The van der Waals surface area contributed by atoms with E-state index in [0.29, 0.717) is 11.4 Å². The first kappa shape index (κ1) is 30.7. The molecular weight excluding hydrogens is 586 g/mol. The maximum atomic E-state index is 14.7. The molecule has 4 aromatic rings. The van der Waals surface area contributed by atoms with Crippen LogP contribution in [0.5, 0.6) is 11.5 Å². The number of nitrogens with zero attached hydrogens (tertiary/aromatic N) is 3. The lowest BCUT2D eigenvalue weighted by atomic mass is 9.93. The number of alkyl halides is 3. The predicted octanol–water partition coefficient (Wildman–Crippen LogP) is 4.03. The first-order valence-corrected chi connectivity index (χ1v) is 13.7. The zero-order valence-electron chi connectivity index (χ0n) is 23.7. The molecule has 5 rings (SSSR count). The summed E-state index contributed by atoms with van der Waals surface area (Å²) in [5.74, 6) is -1.88. The molecule has 1 aliphatic rings. The van der Waals surface area contributed by atoms with Crippen molar-refractivity contribution in [2.75, 3.05) is 20.3 Å². The second-order valence-corrected chi connectivity index (χ2v) is 10.4. The van der Waals surface area contributed by atoms with Crippen molar-refractivity contribution >= 4 is 17.5 Å². The lowest BCUT2D eigenvalue weighted by Crippen LogP contribution is -2.51. The molecule has 0 spiro atoms. The Bertz CT molecular complexity index is 1720. The second-order valence-electron chi connectivity index (χ2n) is 10.4. The molecule has 14 heteroatoms. The quantitative estimate of drug-likeness (QED) is 0.217. The molecule has 0 bridgehead atoms. The van der Waals surface area contributed by atoms with Gasteiger partial charge in [0.1, 0.15) is 23.0 Å². The Balaban J connectivity index is 1.57. The van der Waals surface area contributed by atoms with Gasteiger partial charge in [0.25, 0.3) is 5.91 Å². The fourth-order valence-electron chi connectivity index (χ4n) is 4.85. The number of benzene rings is 1. The van der Waals surface area contributed by atoms with Gasteiger partial charge in [0.15, 0.2) is 11.4 Å². The van der Waals surface area contributed by atoms with Gasteiger partial charge in [-0.05, 0) is 62.2 Å². The number of nitrogens with two attached hydrogens (primary N) is 1. The number of imidazole rings is 1. The number of ether oxygens (including phenoxy) is 2. The maximum absolute atomic E-state index is 14.7. The summed E-state index contributed by atoms with van der Waals surface area (Å²) < 4.78 is 70.1. The van der Waals surface area contributed by atoms with Crippen molar-refractivity contribution in [1.29, 1.82) is 0 Å². The van der Waals surface area contributed by atoms with Gasteiger partial charge < -0.3 is 25.6 Å². The topological polar surface area (TPSA) is 141 Å². The van der Waals surface area contributed by atoms with Gasteiger partial charge in [-0.25, -0.2) is 14.4 Å². The van der Waals surface area contributed by atoms with Crippen LogP contribution >= 0.6 is 0 Å². The fourth-order valence-corrected chi connectivity index (χ4v) is 4.85. The van der Waals surface area contributed by atoms with Crippen LogP contribution in [0.25, 0.3) is 16.9 Å². The summed E-state index contributed by atoms with van der Waals surface area (Å²) in [5, 5.41) is 13.4. The number of methoxy groups -OCH3 is 1. The lowest BCUT2D eigenvalue weighted by Gasteiger charge is -2.31. The van der Waals surface area contributed by atoms with E-state index in [-0.39, 0.29) is 40.8 Å². The summed E-state index contributed by atoms with van der Waals surface area (Å²) in [5.41, 5.74) is 1.62. The molecule has 0 aliphatic heterocycles. The number of aliphatic hydroxyl groups is 1. The minimum atomic E-state index is -5.35. The molecule has 1 fully saturated rings. The van der Waals surface area contributed by atoms with E-state index in [1.54, 1.807) is 13.1 Å². The van der Waals surface area contributed by atoms with Crippen LogP contribution in [-0.4, -0.2) is 57.7 Å². The molecule has 2 amide bonds. The van der Waals surface area contributed by atoms with Crippen LogP contribution in [0.1, 0.15) is 53.1 Å². The second kappa shape index (κ2) is 11.8. The summed E-state index contributed by atoms with van der Waals surface area (Å²) in [4.78, 5) is 33.8. The highest BCUT2D eigenvalue weighted by molar-refractivity contribution is 5.93. The van der Waals surface area contributed by atoms with E-state index < -0.39 is 48.1 Å². The molecule has 1 aliphatic carbocycles. The van der Waals surface area contributed by atoms with Crippen LogP contribution in [0.15, 0.2) is 48.7 Å². The third kappa shape index (κ3) is 5.89. The van der Waals surface area contributed by atoms with Crippen molar-refractivity contribution in [2.45, 2.75) is 43.9 Å². The summed E-state index contributed by atoms with van der Waals surface area (Å²) >= 11 is 0. The summed E-state index contributed by atoms with van der Waals surface area (Å²) in [6, 6.07) is 8.39. The highest BCUT2D eigenvalue weighted by Gasteiger charge is 2.57. The van der Waals surface area contributed by atoms with Crippen molar-refractivity contribution < 1.29 is 41.7 Å². The van der Waals surface area contributed by atoms with Crippen molar-refractivity contribution in [3.8, 4) is 22.8 Å². The van der Waals surface area contributed by atoms with Crippen molar-refractivity contribution in [2.24, 2.45) is 5.73 Å².